The van der Waals surface area contributed by atoms with E-state index in [9.17, 15) is 56.3 Å². The highest BCUT2D eigenvalue weighted by Gasteiger charge is 2.47. The zero-order valence-corrected chi connectivity index (χ0v) is 20.5. The van der Waals surface area contributed by atoms with Crippen LogP contribution in [0.2, 0.25) is 0 Å². The Morgan fingerprint density at radius 3 is 1.92 bits per heavy atom. The second-order valence-electron chi connectivity index (χ2n) is 7.21. The van der Waals surface area contributed by atoms with Crippen LogP contribution >= 0.6 is 0 Å². The maximum atomic E-state index is 12.3. The number of nitrogens with zero attached hydrogens (tertiary/aromatic N) is 4. The first-order valence-corrected chi connectivity index (χ1v) is 13.0. The molecule has 2 heterocycles. The Labute approximate surface area is 206 Å². The molecule has 212 valence electrons. The smallest absolute Gasteiger partial charge is 0.421 e. The van der Waals surface area contributed by atoms with Gasteiger partial charge in [-0.3, -0.25) is 0 Å². The molecule has 0 spiro atoms. The van der Waals surface area contributed by atoms with Gasteiger partial charge in [-0.15, -0.1) is 0 Å². The van der Waals surface area contributed by atoms with Crippen LogP contribution in [0.15, 0.2) is 36.8 Å². The Morgan fingerprint density at radius 1 is 0.919 bits per heavy atom. The van der Waals surface area contributed by atoms with Gasteiger partial charge < -0.3 is 4.13 Å². The van der Waals surface area contributed by atoms with Crippen molar-refractivity contribution in [3.05, 3.63) is 40.9 Å². The topological polar surface area (TPSA) is 104 Å². The lowest BCUT2D eigenvalue weighted by atomic mass is 10.2. The first kappa shape index (κ1) is 32.6. The summed E-state index contributed by atoms with van der Waals surface area (Å²) in [4.78, 5) is 4.34. The van der Waals surface area contributed by atoms with E-state index >= 15 is 0 Å². The summed E-state index contributed by atoms with van der Waals surface area (Å²) in [6.07, 6.45) is 2.77. The van der Waals surface area contributed by atoms with E-state index in [-0.39, 0.29) is 6.42 Å². The molecule has 0 aliphatic heterocycles. The van der Waals surface area contributed by atoms with E-state index in [1.54, 1.807) is 6.20 Å². The lowest BCUT2D eigenvalue weighted by Crippen LogP contribution is -2.35. The minimum atomic E-state index is -6.72. The van der Waals surface area contributed by atoms with Crippen LogP contribution in [0.5, 0.6) is 0 Å². The van der Waals surface area contributed by atoms with Gasteiger partial charge in [-0.1, -0.05) is 19.4 Å². The van der Waals surface area contributed by atoms with E-state index in [1.807, 2.05) is 35.2 Å². The molecule has 0 aliphatic rings. The van der Waals surface area contributed by atoms with Crippen LogP contribution in [-0.2, 0) is 33.1 Å². The van der Waals surface area contributed by atoms with Crippen LogP contribution in [0.1, 0.15) is 32.6 Å². The highest BCUT2D eigenvalue weighted by molar-refractivity contribution is 8.13. The second kappa shape index (κ2) is 12.4. The Bertz CT molecular complexity index is 1170. The number of alkyl halides is 9. The standard InChI is InChI=1S/C16H21F3N3.C2F6NO4S2/c1-2-3-10-21-12-13-22(11-6-8-16(17,18)19)15(21)14-7-4-5-9-20-14;3-1(4,5)14(10,11)9-15(12,13)2(6,7)8/h4-5,7,9,12-13H,2-3,6,8,10-11H2,1H3;/q+1;-1. The van der Waals surface area contributed by atoms with Crippen LogP contribution in [0.25, 0.3) is 15.6 Å². The average molecular weight is 593 g/mol. The quantitative estimate of drug-likeness (QED) is 0.300. The van der Waals surface area contributed by atoms with Gasteiger partial charge in [-0.25, -0.2) is 31.0 Å². The molecule has 0 radical (unpaired) electrons. The highest BCUT2D eigenvalue weighted by atomic mass is 32.3. The summed E-state index contributed by atoms with van der Waals surface area (Å²) >= 11 is 0. The van der Waals surface area contributed by atoms with Gasteiger partial charge in [-0.05, 0) is 25.0 Å². The summed E-state index contributed by atoms with van der Waals surface area (Å²) in [6.45, 7) is 3.29. The van der Waals surface area contributed by atoms with Crippen molar-refractivity contribution in [1.29, 1.82) is 0 Å². The van der Waals surface area contributed by atoms with Crippen molar-refractivity contribution in [3.8, 4) is 11.5 Å². The number of rotatable bonds is 9. The zero-order valence-electron chi connectivity index (χ0n) is 18.8. The third kappa shape index (κ3) is 10.1. The largest absolute Gasteiger partial charge is 0.480 e. The van der Waals surface area contributed by atoms with Crippen LogP contribution < -0.4 is 4.57 Å². The predicted molar refractivity (Wildman–Crippen MR) is 111 cm³/mol. The van der Waals surface area contributed by atoms with Crippen LogP contribution in [-0.4, -0.2) is 43.6 Å². The summed E-state index contributed by atoms with van der Waals surface area (Å²) in [5, 5.41) is 0. The maximum Gasteiger partial charge on any atom is 0.480 e. The summed E-state index contributed by atoms with van der Waals surface area (Å²) in [5.41, 5.74) is -11.6. The molecular weight excluding hydrogens is 571 g/mol. The first-order chi connectivity index (χ1) is 16.7. The lowest BCUT2D eigenvalue weighted by Gasteiger charge is -2.22. The molecule has 0 atom stereocenters. The van der Waals surface area contributed by atoms with E-state index in [2.05, 4.69) is 16.5 Å². The summed E-state index contributed by atoms with van der Waals surface area (Å²) < 4.78 is 150. The molecule has 2 aromatic heterocycles. The zero-order chi connectivity index (χ0) is 28.7. The van der Waals surface area contributed by atoms with E-state index in [0.29, 0.717) is 6.54 Å². The number of sulfonamides is 2. The number of pyridine rings is 1. The SMILES string of the molecule is CCCCn1cc[n+](CCCC(F)(F)F)c1-c1ccccn1.O=S(=O)([N-]S(=O)(=O)C(F)(F)F)C(F)(F)F. The molecule has 2 rings (SSSR count). The van der Waals surface area contributed by atoms with E-state index in [1.165, 1.54) is 0 Å². The number of hydrogen-bond acceptors (Lipinski definition) is 5. The maximum absolute atomic E-state index is 12.3. The van der Waals surface area contributed by atoms with E-state index in [4.69, 9.17) is 0 Å². The number of imidazole rings is 1. The molecule has 0 saturated carbocycles. The van der Waals surface area contributed by atoms with Crippen molar-refractivity contribution in [2.24, 2.45) is 0 Å². The lowest BCUT2D eigenvalue weighted by molar-refractivity contribution is -0.686. The number of halogens is 9. The summed E-state index contributed by atoms with van der Waals surface area (Å²) in [5.74, 6) is 0.872. The molecule has 0 aromatic carbocycles. The number of unbranched alkanes of at least 4 members (excludes halogenated alkanes) is 1. The summed E-state index contributed by atoms with van der Waals surface area (Å²) in [6, 6.07) is 5.61. The van der Waals surface area contributed by atoms with Gasteiger partial charge in [-0.2, -0.15) is 39.5 Å². The molecule has 19 heteroatoms. The third-order valence-electron chi connectivity index (χ3n) is 4.26. The van der Waals surface area contributed by atoms with E-state index in [0.717, 1.165) is 35.0 Å². The minimum Gasteiger partial charge on any atom is -0.421 e. The fraction of sp³-hybridized carbons (Fsp3) is 0.556. The van der Waals surface area contributed by atoms with Gasteiger partial charge in [0.15, 0.2) is 25.7 Å². The molecule has 0 bridgehead atoms. The third-order valence-corrected chi connectivity index (χ3v) is 7.00. The second-order valence-corrected chi connectivity index (χ2v) is 10.6. The number of aromatic nitrogens is 3. The number of aryl methyl sites for hydroxylation is 2. The van der Waals surface area contributed by atoms with Crippen molar-refractivity contribution in [2.45, 2.75) is 62.9 Å². The molecule has 0 unspecified atom stereocenters. The number of hydrogen-bond donors (Lipinski definition) is 0. The van der Waals surface area contributed by atoms with Crippen LogP contribution in [0.4, 0.5) is 39.5 Å². The molecule has 37 heavy (non-hydrogen) atoms. The molecule has 0 aliphatic carbocycles. The molecule has 0 amide bonds. The fourth-order valence-corrected chi connectivity index (χ4v) is 4.32. The van der Waals surface area contributed by atoms with E-state index < -0.39 is 43.7 Å². The van der Waals surface area contributed by atoms with Crippen LogP contribution in [0.3, 0.4) is 0 Å². The highest BCUT2D eigenvalue weighted by Crippen LogP contribution is 2.36. The van der Waals surface area contributed by atoms with Crippen molar-refractivity contribution in [1.82, 2.24) is 9.55 Å². The van der Waals surface area contributed by atoms with Gasteiger partial charge in [0.1, 0.15) is 12.4 Å². The Hall–Kier alpha value is -2.41. The minimum absolute atomic E-state index is 0.0752. The van der Waals surface area contributed by atoms with Crippen molar-refractivity contribution in [3.63, 3.8) is 0 Å². The molecule has 2 aromatic rings. The summed E-state index contributed by atoms with van der Waals surface area (Å²) in [7, 11) is -13.4. The van der Waals surface area contributed by atoms with Gasteiger partial charge in [0.25, 0.3) is 0 Å². The van der Waals surface area contributed by atoms with Gasteiger partial charge in [0.05, 0.1) is 13.1 Å². The van der Waals surface area contributed by atoms with Crippen molar-refractivity contribution >= 4 is 20.0 Å². The van der Waals surface area contributed by atoms with Gasteiger partial charge in [0.2, 0.25) is 0 Å². The van der Waals surface area contributed by atoms with Crippen molar-refractivity contribution in [2.75, 3.05) is 0 Å². The van der Waals surface area contributed by atoms with Crippen molar-refractivity contribution < 1.29 is 60.9 Å². The van der Waals surface area contributed by atoms with Crippen LogP contribution in [0, 0.1) is 0 Å². The molecule has 0 fully saturated rings. The normalized spacial score (nSPS) is 13.2. The Balaban J connectivity index is 0.000000401. The molecule has 0 saturated heterocycles. The fourth-order valence-electron chi connectivity index (χ4n) is 2.61. The monoisotopic (exact) mass is 592 g/mol. The predicted octanol–water partition coefficient (Wildman–Crippen LogP) is 5.04. The molecule has 8 nitrogen and oxygen atoms in total. The van der Waals surface area contributed by atoms with Gasteiger partial charge in [0, 0.05) is 12.6 Å². The van der Waals surface area contributed by atoms with Gasteiger partial charge >= 0.3 is 23.0 Å². The molecular formula is C18H21F9N4O4S2. The average Bonchev–Trinajstić information content (AvgIpc) is 3.12. The first-order valence-electron chi connectivity index (χ1n) is 10.2. The Kier molecular flexibility index (Phi) is 11.0. The molecule has 0 N–H and O–H groups in total. The Morgan fingerprint density at radius 2 is 1.49 bits per heavy atom.